The Balaban J connectivity index is 2.02. The summed E-state index contributed by atoms with van der Waals surface area (Å²) in [5.74, 6) is 0.620. The van der Waals surface area contributed by atoms with Gasteiger partial charge >= 0.3 is 0 Å². The van der Waals surface area contributed by atoms with Crippen LogP contribution in [-0.4, -0.2) is 4.57 Å². The predicted molar refractivity (Wildman–Crippen MR) is 112 cm³/mol. The van der Waals surface area contributed by atoms with E-state index in [4.69, 9.17) is 4.42 Å². The number of hydrogen-bond donors (Lipinski definition) is 0. The van der Waals surface area contributed by atoms with Crippen molar-refractivity contribution in [3.8, 4) is 0 Å². The lowest BCUT2D eigenvalue weighted by molar-refractivity contribution is -0.642. The quantitative estimate of drug-likeness (QED) is 0.230. The summed E-state index contributed by atoms with van der Waals surface area (Å²) in [6.45, 7) is 6.73. The zero-order valence-electron chi connectivity index (χ0n) is 16.6. The minimum Gasteiger partial charge on any atom is -0.456 e. The van der Waals surface area contributed by atoms with Gasteiger partial charge in [0, 0.05) is 30.1 Å². The smallest absolute Gasteiger partial charge is 0.216 e. The SMILES string of the molecule is Cc1c2cc[n+](C)c2cc2oc3cc(CC(C)C)cc4ccn(C)c(c12)c43. The average Bonchev–Trinajstić information content (AvgIpc) is 2.98. The molecule has 0 fully saturated rings. The van der Waals surface area contributed by atoms with E-state index < -0.39 is 0 Å². The molecule has 0 saturated carbocycles. The van der Waals surface area contributed by atoms with E-state index in [0.717, 1.165) is 17.6 Å². The number of nitrogens with zero attached hydrogens (tertiary/aromatic N) is 2. The molecule has 3 nitrogen and oxygen atoms in total. The maximum absolute atomic E-state index is 6.51. The molecule has 0 aliphatic rings. The first-order chi connectivity index (χ1) is 12.9. The van der Waals surface area contributed by atoms with Crippen molar-refractivity contribution in [2.24, 2.45) is 20.0 Å². The Morgan fingerprint density at radius 1 is 1.07 bits per heavy atom. The topological polar surface area (TPSA) is 21.9 Å². The van der Waals surface area contributed by atoms with E-state index in [-0.39, 0.29) is 0 Å². The van der Waals surface area contributed by atoms with Crippen LogP contribution < -0.4 is 4.57 Å². The van der Waals surface area contributed by atoms with Gasteiger partial charge in [0.15, 0.2) is 6.20 Å². The van der Waals surface area contributed by atoms with Crippen molar-refractivity contribution >= 4 is 43.7 Å². The largest absolute Gasteiger partial charge is 0.456 e. The number of hydrogen-bond acceptors (Lipinski definition) is 1. The average molecular weight is 357 g/mol. The van der Waals surface area contributed by atoms with Crippen molar-refractivity contribution in [2.45, 2.75) is 27.2 Å². The molecule has 27 heavy (non-hydrogen) atoms. The molecule has 3 heteroatoms. The van der Waals surface area contributed by atoms with Crippen molar-refractivity contribution in [2.75, 3.05) is 0 Å². The Bertz CT molecular complexity index is 1350. The summed E-state index contributed by atoms with van der Waals surface area (Å²) in [4.78, 5) is 0. The molecular formula is C24H25N2O+. The first kappa shape index (κ1) is 16.4. The fourth-order valence-electron chi connectivity index (χ4n) is 4.54. The van der Waals surface area contributed by atoms with Crippen LogP contribution in [0.4, 0.5) is 0 Å². The molecule has 0 N–H and O–H groups in total. The second kappa shape index (κ2) is 5.59. The van der Waals surface area contributed by atoms with Crippen molar-refractivity contribution in [1.82, 2.24) is 4.57 Å². The third kappa shape index (κ3) is 2.31. The lowest BCUT2D eigenvalue weighted by atomic mass is 9.96. The van der Waals surface area contributed by atoms with E-state index >= 15 is 0 Å². The second-order valence-corrected chi connectivity index (χ2v) is 8.27. The summed E-state index contributed by atoms with van der Waals surface area (Å²) >= 11 is 0. The molecule has 0 aliphatic heterocycles. The van der Waals surface area contributed by atoms with E-state index in [1.165, 1.54) is 43.7 Å². The Labute approximate surface area is 158 Å². The van der Waals surface area contributed by atoms with Gasteiger partial charge in [-0.15, -0.1) is 0 Å². The van der Waals surface area contributed by atoms with Crippen molar-refractivity contribution in [3.05, 3.63) is 53.9 Å². The van der Waals surface area contributed by atoms with Crippen LogP contribution in [0.25, 0.3) is 43.7 Å². The van der Waals surface area contributed by atoms with Crippen LogP contribution in [0.5, 0.6) is 0 Å². The van der Waals surface area contributed by atoms with Crippen molar-refractivity contribution < 1.29 is 8.98 Å². The summed E-state index contributed by atoms with van der Waals surface area (Å²) in [7, 11) is 4.22. The molecule has 0 saturated heterocycles. The van der Waals surface area contributed by atoms with E-state index in [0.29, 0.717) is 5.92 Å². The molecule has 0 aliphatic carbocycles. The van der Waals surface area contributed by atoms with Crippen LogP contribution in [0.2, 0.25) is 0 Å². The van der Waals surface area contributed by atoms with E-state index in [1.54, 1.807) is 0 Å². The highest BCUT2D eigenvalue weighted by molar-refractivity contribution is 6.19. The van der Waals surface area contributed by atoms with Gasteiger partial charge < -0.3 is 8.98 Å². The van der Waals surface area contributed by atoms with E-state index in [9.17, 15) is 0 Å². The van der Waals surface area contributed by atoms with Gasteiger partial charge in [-0.3, -0.25) is 0 Å². The predicted octanol–water partition coefficient (Wildman–Crippen LogP) is 5.56. The molecule has 2 aromatic carbocycles. The molecule has 0 amide bonds. The molecule has 136 valence electrons. The summed E-state index contributed by atoms with van der Waals surface area (Å²) in [5, 5.41) is 4.98. The Kier molecular flexibility index (Phi) is 3.39. The molecule has 5 rings (SSSR count). The van der Waals surface area contributed by atoms with Crippen LogP contribution >= 0.6 is 0 Å². The molecular weight excluding hydrogens is 332 g/mol. The van der Waals surface area contributed by atoms with Gasteiger partial charge in [-0.2, -0.15) is 0 Å². The van der Waals surface area contributed by atoms with E-state index in [2.05, 4.69) is 86.7 Å². The first-order valence-corrected chi connectivity index (χ1v) is 9.66. The Morgan fingerprint density at radius 3 is 2.63 bits per heavy atom. The number of benzene rings is 2. The van der Waals surface area contributed by atoms with Crippen LogP contribution in [0, 0.1) is 12.8 Å². The fourth-order valence-corrected chi connectivity index (χ4v) is 4.54. The van der Waals surface area contributed by atoms with Crippen LogP contribution in [0.3, 0.4) is 0 Å². The summed E-state index contributed by atoms with van der Waals surface area (Å²) in [6, 6.07) is 11.2. The van der Waals surface area contributed by atoms with E-state index in [1.807, 2.05) is 0 Å². The second-order valence-electron chi connectivity index (χ2n) is 8.27. The van der Waals surface area contributed by atoms with Gasteiger partial charge in [0.1, 0.15) is 18.2 Å². The van der Waals surface area contributed by atoms with Crippen molar-refractivity contribution in [3.63, 3.8) is 0 Å². The maximum atomic E-state index is 6.51. The van der Waals surface area contributed by atoms with Gasteiger partial charge in [-0.1, -0.05) is 19.9 Å². The molecule has 3 heterocycles. The Morgan fingerprint density at radius 2 is 1.85 bits per heavy atom. The third-order valence-electron chi connectivity index (χ3n) is 5.77. The zero-order chi connectivity index (χ0) is 18.9. The minimum atomic E-state index is 0.620. The van der Waals surface area contributed by atoms with Gasteiger partial charge in [0.2, 0.25) is 5.52 Å². The minimum absolute atomic E-state index is 0.620. The molecule has 0 spiro atoms. The van der Waals surface area contributed by atoms with Crippen LogP contribution in [0.1, 0.15) is 25.0 Å². The number of rotatable bonds is 2. The summed E-state index contributed by atoms with van der Waals surface area (Å²) < 4.78 is 10.9. The molecule has 0 bridgehead atoms. The van der Waals surface area contributed by atoms with Gasteiger partial charge in [0.05, 0.1) is 17.0 Å². The monoisotopic (exact) mass is 357 g/mol. The highest BCUT2D eigenvalue weighted by Gasteiger charge is 2.19. The fraction of sp³-hybridized carbons (Fsp3) is 0.292. The lowest BCUT2D eigenvalue weighted by Crippen LogP contribution is -2.24. The zero-order valence-corrected chi connectivity index (χ0v) is 16.6. The first-order valence-electron chi connectivity index (χ1n) is 9.66. The number of pyridine rings is 1. The lowest BCUT2D eigenvalue weighted by Gasteiger charge is -2.16. The molecule has 5 aromatic rings. The normalized spacial score (nSPS) is 12.4. The van der Waals surface area contributed by atoms with Crippen LogP contribution in [-0.2, 0) is 20.5 Å². The standard InChI is InChI=1S/C24H25N2O/c1-14(2)10-16-11-17-6-8-26(5)24-22-15(3)18-7-9-25(4)19(18)13-21(22)27-20(12-16)23(17)24/h6-9,11-14H,10H2,1-5H3/q+1. The maximum Gasteiger partial charge on any atom is 0.216 e. The summed E-state index contributed by atoms with van der Waals surface area (Å²) in [6.07, 6.45) is 5.35. The van der Waals surface area contributed by atoms with Crippen LogP contribution in [0.15, 0.2) is 47.1 Å². The molecule has 3 aromatic heterocycles. The molecule has 0 unspecified atom stereocenters. The van der Waals surface area contributed by atoms with Gasteiger partial charge in [-0.05, 0) is 47.9 Å². The highest BCUT2D eigenvalue weighted by atomic mass is 16.3. The molecule has 0 radical (unpaired) electrons. The Hall–Kier alpha value is -2.81. The van der Waals surface area contributed by atoms with Crippen molar-refractivity contribution in [1.29, 1.82) is 0 Å². The number of aryl methyl sites for hydroxylation is 3. The summed E-state index contributed by atoms with van der Waals surface area (Å²) in [5.41, 5.74) is 7.02. The number of aromatic nitrogens is 2. The van der Waals surface area contributed by atoms with Gasteiger partial charge in [-0.25, -0.2) is 4.57 Å². The number of fused-ring (bicyclic) bond motifs is 3. The van der Waals surface area contributed by atoms with Gasteiger partial charge in [0.25, 0.3) is 0 Å². The third-order valence-corrected chi connectivity index (χ3v) is 5.77. The molecule has 0 atom stereocenters. The highest BCUT2D eigenvalue weighted by Crippen LogP contribution is 2.38.